The van der Waals surface area contributed by atoms with Crippen molar-refractivity contribution < 1.29 is 15.0 Å². The van der Waals surface area contributed by atoms with E-state index in [1.807, 2.05) is 0 Å². The number of aromatic nitrogens is 2. The number of aromatic carboxylic acids is 1. The number of aromatic hydroxyl groups is 1. The van der Waals surface area contributed by atoms with E-state index in [9.17, 15) is 19.8 Å². The molecule has 1 aromatic carbocycles. The number of halogens is 1. The predicted molar refractivity (Wildman–Crippen MR) is 133 cm³/mol. The summed E-state index contributed by atoms with van der Waals surface area (Å²) in [6.07, 6.45) is 7.00. The Balaban J connectivity index is 0.00000306. The average Bonchev–Trinajstić information content (AvgIpc) is 2.94. The highest BCUT2D eigenvalue weighted by atomic mass is 35.5. The van der Waals surface area contributed by atoms with E-state index < -0.39 is 22.8 Å². The summed E-state index contributed by atoms with van der Waals surface area (Å²) in [6, 6.07) is 6.36. The number of carboxylic acid groups (broad SMARTS) is 1. The van der Waals surface area contributed by atoms with Gasteiger partial charge in [-0.1, -0.05) is 26.2 Å². The Morgan fingerprint density at radius 1 is 1.18 bits per heavy atom. The van der Waals surface area contributed by atoms with Gasteiger partial charge in [-0.2, -0.15) is 0 Å². The summed E-state index contributed by atoms with van der Waals surface area (Å²) in [5.74, 6) is -1.83. The molecule has 0 unspecified atom stereocenters. The van der Waals surface area contributed by atoms with Gasteiger partial charge in [-0.3, -0.25) is 4.79 Å². The normalized spacial score (nSPS) is 12.7. The quantitative estimate of drug-likeness (QED) is 0.360. The Hall–Kier alpha value is -2.77. The molecule has 0 bridgehead atoms. The maximum Gasteiger partial charge on any atom is 0.345 e. The minimum Gasteiger partial charge on any atom is -0.506 e. The van der Waals surface area contributed by atoms with Gasteiger partial charge in [0, 0.05) is 41.3 Å². The zero-order valence-electron chi connectivity index (χ0n) is 19.2. The van der Waals surface area contributed by atoms with Crippen LogP contribution in [0.2, 0.25) is 0 Å². The predicted octanol–water partition coefficient (Wildman–Crippen LogP) is 4.52. The van der Waals surface area contributed by atoms with Crippen LogP contribution in [0.25, 0.3) is 22.2 Å². The fourth-order valence-corrected chi connectivity index (χ4v) is 4.74. The van der Waals surface area contributed by atoms with Crippen molar-refractivity contribution in [1.29, 1.82) is 0 Å². The first-order valence-corrected chi connectivity index (χ1v) is 11.5. The summed E-state index contributed by atoms with van der Waals surface area (Å²) < 4.78 is 2.20. The molecule has 0 amide bonds. The van der Waals surface area contributed by atoms with E-state index in [1.165, 1.54) is 31.4 Å². The van der Waals surface area contributed by atoms with Crippen molar-refractivity contribution >= 4 is 29.3 Å². The van der Waals surface area contributed by atoms with E-state index in [-0.39, 0.29) is 12.4 Å². The second-order valence-corrected chi connectivity index (χ2v) is 8.69. The molecule has 2 heterocycles. The minimum atomic E-state index is -1.42. The van der Waals surface area contributed by atoms with Crippen molar-refractivity contribution in [2.45, 2.75) is 58.4 Å². The molecule has 7 nitrogen and oxygen atoms in total. The maximum absolute atomic E-state index is 12.4. The van der Waals surface area contributed by atoms with Crippen molar-refractivity contribution in [3.63, 3.8) is 0 Å². The molecule has 4 rings (SSSR count). The Kier molecular flexibility index (Phi) is 7.87. The molecule has 8 heteroatoms. The van der Waals surface area contributed by atoms with Crippen molar-refractivity contribution in [1.82, 2.24) is 14.9 Å². The summed E-state index contributed by atoms with van der Waals surface area (Å²) in [7, 11) is 2.07. The van der Waals surface area contributed by atoms with Crippen LogP contribution in [0.5, 0.6) is 5.75 Å². The van der Waals surface area contributed by atoms with Crippen LogP contribution < -0.4 is 10.9 Å². The number of fused-ring (bicyclic) bond motifs is 4. The topological polar surface area (TPSA) is 107 Å². The summed E-state index contributed by atoms with van der Waals surface area (Å²) in [4.78, 5) is 26.6. The number of benzene rings is 1. The largest absolute Gasteiger partial charge is 0.506 e. The molecule has 0 saturated heterocycles. The Labute approximate surface area is 199 Å². The molecular formula is C25H32ClN3O4. The first-order valence-electron chi connectivity index (χ1n) is 11.5. The molecule has 33 heavy (non-hydrogen) atoms. The fraction of sp³-hybridized carbons (Fsp3) is 0.440. The number of nitrogens with one attached hydrogen (secondary N) is 2. The lowest BCUT2D eigenvalue weighted by molar-refractivity contribution is 0.0691. The van der Waals surface area contributed by atoms with Gasteiger partial charge in [-0.05, 0) is 56.0 Å². The first-order chi connectivity index (χ1) is 15.4. The highest BCUT2D eigenvalue weighted by molar-refractivity contribution is 5.93. The SMILES string of the molecule is CCCCCCNCc1cc2cc3c(cc2n1C)CCCc1c-3[nH]c(=O)c(C(=O)O)c1O.Cl. The van der Waals surface area contributed by atoms with Crippen LogP contribution in [0.1, 0.15) is 66.2 Å². The Morgan fingerprint density at radius 2 is 1.97 bits per heavy atom. The van der Waals surface area contributed by atoms with Crippen molar-refractivity contribution in [2.24, 2.45) is 7.05 Å². The first kappa shape index (κ1) is 24.9. The van der Waals surface area contributed by atoms with Crippen LogP contribution in [0.15, 0.2) is 23.0 Å². The monoisotopic (exact) mass is 473 g/mol. The molecule has 1 aliphatic carbocycles. The van der Waals surface area contributed by atoms with Gasteiger partial charge in [0.25, 0.3) is 5.56 Å². The molecular weight excluding hydrogens is 442 g/mol. The van der Waals surface area contributed by atoms with Crippen molar-refractivity contribution in [3.8, 4) is 17.0 Å². The van der Waals surface area contributed by atoms with Crippen LogP contribution >= 0.6 is 12.4 Å². The molecule has 2 aromatic heterocycles. The second-order valence-electron chi connectivity index (χ2n) is 8.69. The van der Waals surface area contributed by atoms with E-state index in [0.717, 1.165) is 48.0 Å². The molecule has 1 aliphatic rings. The van der Waals surface area contributed by atoms with Crippen LogP contribution in [-0.4, -0.2) is 32.3 Å². The molecule has 0 fully saturated rings. The van der Waals surface area contributed by atoms with E-state index >= 15 is 0 Å². The lowest BCUT2D eigenvalue weighted by Gasteiger charge is -2.13. The average molecular weight is 474 g/mol. The molecule has 178 valence electrons. The molecule has 3 aromatic rings. The third-order valence-electron chi connectivity index (χ3n) is 6.53. The van der Waals surface area contributed by atoms with Crippen molar-refractivity contribution in [2.75, 3.05) is 6.54 Å². The highest BCUT2D eigenvalue weighted by Crippen LogP contribution is 2.38. The van der Waals surface area contributed by atoms with Gasteiger partial charge in [-0.25, -0.2) is 4.79 Å². The van der Waals surface area contributed by atoms with Gasteiger partial charge in [0.15, 0.2) is 5.56 Å². The fourth-order valence-electron chi connectivity index (χ4n) is 4.74. The zero-order valence-corrected chi connectivity index (χ0v) is 20.0. The lowest BCUT2D eigenvalue weighted by atomic mass is 9.98. The summed E-state index contributed by atoms with van der Waals surface area (Å²) in [5.41, 5.74) is 3.95. The summed E-state index contributed by atoms with van der Waals surface area (Å²) in [6.45, 7) is 4.00. The van der Waals surface area contributed by atoms with Crippen LogP contribution in [-0.2, 0) is 26.4 Å². The van der Waals surface area contributed by atoms with Crippen LogP contribution in [0, 0.1) is 0 Å². The molecule has 0 saturated carbocycles. The van der Waals surface area contributed by atoms with E-state index in [0.29, 0.717) is 17.7 Å². The molecule has 0 spiro atoms. The third-order valence-corrected chi connectivity index (χ3v) is 6.53. The van der Waals surface area contributed by atoms with E-state index in [4.69, 9.17) is 0 Å². The molecule has 4 N–H and O–H groups in total. The van der Waals surface area contributed by atoms with E-state index in [2.05, 4.69) is 47.0 Å². The van der Waals surface area contributed by atoms with Gasteiger partial charge in [0.2, 0.25) is 0 Å². The van der Waals surface area contributed by atoms with Crippen LogP contribution in [0.4, 0.5) is 0 Å². The number of aryl methyl sites for hydroxylation is 2. The standard InChI is InChI=1S/C25H31N3O4.ClH/c1-3-4-5-6-10-26-14-17-11-16-12-19-15(13-20(16)28(17)2)8-7-9-18-22(19)27-24(30)21(23(18)29)25(31)32;/h11-13,26H,3-10,14H2,1-2H3,(H,31,32)(H2,27,29,30);1H. The number of nitrogens with zero attached hydrogens (tertiary/aromatic N) is 1. The smallest absolute Gasteiger partial charge is 0.345 e. The minimum absolute atomic E-state index is 0. The van der Waals surface area contributed by atoms with Gasteiger partial charge in [0.1, 0.15) is 5.75 Å². The number of unbranched alkanes of at least 4 members (excludes halogenated alkanes) is 3. The second kappa shape index (κ2) is 10.4. The number of rotatable bonds is 8. The highest BCUT2D eigenvalue weighted by Gasteiger charge is 2.26. The van der Waals surface area contributed by atoms with Crippen LogP contribution in [0.3, 0.4) is 0 Å². The zero-order chi connectivity index (χ0) is 22.8. The van der Waals surface area contributed by atoms with Gasteiger partial charge in [0.05, 0.1) is 5.69 Å². The summed E-state index contributed by atoms with van der Waals surface area (Å²) in [5, 5.41) is 24.5. The molecule has 0 radical (unpaired) electrons. The number of hydrogen-bond donors (Lipinski definition) is 4. The number of pyridine rings is 1. The van der Waals surface area contributed by atoms with Crippen molar-refractivity contribution in [3.05, 3.63) is 50.9 Å². The Bertz CT molecular complexity index is 1230. The maximum atomic E-state index is 12.4. The molecule has 0 atom stereocenters. The number of H-pyrrole nitrogens is 1. The molecule has 0 aliphatic heterocycles. The Morgan fingerprint density at radius 3 is 2.70 bits per heavy atom. The number of hydrogen-bond acceptors (Lipinski definition) is 4. The summed E-state index contributed by atoms with van der Waals surface area (Å²) >= 11 is 0. The lowest BCUT2D eigenvalue weighted by Crippen LogP contribution is -2.20. The third kappa shape index (κ3) is 4.80. The number of carbonyl (C=O) groups is 1. The van der Waals surface area contributed by atoms with Gasteiger partial charge < -0.3 is 25.1 Å². The van der Waals surface area contributed by atoms with Gasteiger partial charge in [-0.15, -0.1) is 12.4 Å². The van der Waals surface area contributed by atoms with E-state index in [1.54, 1.807) is 0 Å². The number of carboxylic acids is 1. The number of aromatic amines is 1. The van der Waals surface area contributed by atoms with Gasteiger partial charge >= 0.3 is 5.97 Å².